The Kier molecular flexibility index (Phi) is 3.99. The predicted octanol–water partition coefficient (Wildman–Crippen LogP) is 3.12. The Labute approximate surface area is 118 Å². The van der Waals surface area contributed by atoms with Gasteiger partial charge in [-0.15, -0.1) is 0 Å². The molecule has 1 amide bonds. The Hall–Kier alpha value is -1.69. The Morgan fingerprint density at radius 1 is 1.47 bits per heavy atom. The molecule has 4 nitrogen and oxygen atoms in total. The summed E-state index contributed by atoms with van der Waals surface area (Å²) in [5.41, 5.74) is 0.918. The average Bonchev–Trinajstić information content (AvgIpc) is 2.69. The van der Waals surface area contributed by atoms with Crippen molar-refractivity contribution in [1.29, 1.82) is 0 Å². The van der Waals surface area contributed by atoms with E-state index in [9.17, 15) is 9.18 Å². The largest absolute Gasteiger partial charge is 0.436 e. The van der Waals surface area contributed by atoms with Crippen LogP contribution in [0.3, 0.4) is 0 Å². The maximum Gasteiger partial charge on any atom is 0.289 e. The average molecular weight is 327 g/mol. The number of benzene rings is 1. The van der Waals surface area contributed by atoms with Crippen LogP contribution in [0.1, 0.15) is 27.7 Å². The van der Waals surface area contributed by atoms with Crippen LogP contribution < -0.4 is 5.32 Å². The highest BCUT2D eigenvalue weighted by atomic mass is 79.9. The molecule has 0 fully saturated rings. The normalized spacial score (nSPS) is 10.5. The number of hydrogen-bond acceptors (Lipinski definition) is 3. The first kappa shape index (κ1) is 13.7. The molecule has 0 aliphatic rings. The lowest BCUT2D eigenvalue weighted by molar-refractivity contribution is 0.0920. The van der Waals surface area contributed by atoms with Gasteiger partial charge in [0.1, 0.15) is 5.82 Å². The first-order chi connectivity index (χ1) is 8.97. The van der Waals surface area contributed by atoms with Crippen LogP contribution in [0.25, 0.3) is 0 Å². The number of rotatable bonds is 3. The van der Waals surface area contributed by atoms with E-state index in [-0.39, 0.29) is 18.1 Å². The molecule has 0 radical (unpaired) electrons. The van der Waals surface area contributed by atoms with E-state index in [1.54, 1.807) is 26.0 Å². The first-order valence-electron chi connectivity index (χ1n) is 5.63. The number of hydrogen-bond donors (Lipinski definition) is 1. The Morgan fingerprint density at radius 2 is 2.21 bits per heavy atom. The first-order valence-corrected chi connectivity index (χ1v) is 6.43. The van der Waals surface area contributed by atoms with Gasteiger partial charge in [-0.25, -0.2) is 9.37 Å². The number of carbonyl (C=O) groups is 1. The van der Waals surface area contributed by atoms with Gasteiger partial charge in [-0.1, -0.05) is 15.9 Å². The maximum atomic E-state index is 13.5. The fourth-order valence-electron chi connectivity index (χ4n) is 1.68. The monoisotopic (exact) mass is 326 g/mol. The quantitative estimate of drug-likeness (QED) is 0.942. The molecule has 0 aliphatic heterocycles. The van der Waals surface area contributed by atoms with E-state index in [0.717, 1.165) is 4.47 Å². The van der Waals surface area contributed by atoms with Gasteiger partial charge < -0.3 is 9.73 Å². The molecule has 0 saturated heterocycles. The molecular formula is C13H12BrFN2O2. The predicted molar refractivity (Wildman–Crippen MR) is 71.2 cm³/mol. The summed E-state index contributed by atoms with van der Waals surface area (Å²) in [6.45, 7) is 3.44. The number of nitrogens with zero attached hydrogens (tertiary/aromatic N) is 1. The molecule has 2 rings (SSSR count). The van der Waals surface area contributed by atoms with Crippen molar-refractivity contribution < 1.29 is 13.6 Å². The summed E-state index contributed by atoms with van der Waals surface area (Å²) in [5, 5.41) is 2.60. The van der Waals surface area contributed by atoms with Crippen LogP contribution in [-0.2, 0) is 6.54 Å². The van der Waals surface area contributed by atoms with Crippen molar-refractivity contribution in [3.63, 3.8) is 0 Å². The molecule has 0 spiro atoms. The minimum absolute atomic E-state index is 0.0866. The summed E-state index contributed by atoms with van der Waals surface area (Å²) >= 11 is 3.26. The minimum atomic E-state index is -0.405. The molecule has 0 aliphatic carbocycles. The van der Waals surface area contributed by atoms with Crippen molar-refractivity contribution in [1.82, 2.24) is 10.3 Å². The Bertz CT molecular complexity index is 625. The van der Waals surface area contributed by atoms with Crippen LogP contribution in [0.2, 0.25) is 0 Å². The molecule has 1 heterocycles. The smallest absolute Gasteiger partial charge is 0.289 e. The fourth-order valence-corrected chi connectivity index (χ4v) is 2.09. The molecule has 6 heteroatoms. The summed E-state index contributed by atoms with van der Waals surface area (Å²) in [7, 11) is 0. The van der Waals surface area contributed by atoms with Crippen molar-refractivity contribution in [2.24, 2.45) is 0 Å². The van der Waals surface area contributed by atoms with E-state index in [2.05, 4.69) is 26.2 Å². The van der Waals surface area contributed by atoms with E-state index in [0.29, 0.717) is 17.1 Å². The zero-order chi connectivity index (χ0) is 14.0. The number of aromatic nitrogens is 1. The van der Waals surface area contributed by atoms with Crippen molar-refractivity contribution in [3.05, 3.63) is 51.4 Å². The van der Waals surface area contributed by atoms with Gasteiger partial charge in [0.15, 0.2) is 5.89 Å². The minimum Gasteiger partial charge on any atom is -0.436 e. The van der Waals surface area contributed by atoms with Gasteiger partial charge in [-0.3, -0.25) is 4.79 Å². The van der Waals surface area contributed by atoms with Crippen LogP contribution in [-0.4, -0.2) is 10.9 Å². The molecule has 19 heavy (non-hydrogen) atoms. The summed E-state index contributed by atoms with van der Waals surface area (Å²) in [6, 6.07) is 4.56. The van der Waals surface area contributed by atoms with E-state index < -0.39 is 5.91 Å². The summed E-state index contributed by atoms with van der Waals surface area (Å²) in [6.07, 6.45) is 0. The third kappa shape index (κ3) is 3.20. The summed E-state index contributed by atoms with van der Waals surface area (Å²) in [5.74, 6) is -0.185. The van der Waals surface area contributed by atoms with Gasteiger partial charge in [-0.05, 0) is 25.1 Å². The molecule has 1 aromatic heterocycles. The fraction of sp³-hybridized carbons (Fsp3) is 0.231. The van der Waals surface area contributed by atoms with Crippen LogP contribution in [0, 0.1) is 19.7 Å². The lowest BCUT2D eigenvalue weighted by atomic mass is 10.2. The molecular weight excluding hydrogens is 315 g/mol. The van der Waals surface area contributed by atoms with Gasteiger partial charge in [0.05, 0.1) is 5.69 Å². The van der Waals surface area contributed by atoms with Gasteiger partial charge in [0, 0.05) is 23.5 Å². The summed E-state index contributed by atoms with van der Waals surface area (Å²) < 4.78 is 19.4. The molecule has 0 atom stereocenters. The molecule has 0 bridgehead atoms. The molecule has 0 unspecified atom stereocenters. The number of nitrogens with one attached hydrogen (secondary N) is 1. The zero-order valence-electron chi connectivity index (χ0n) is 10.5. The second-order valence-corrected chi connectivity index (χ2v) is 4.98. The molecule has 0 saturated carbocycles. The highest BCUT2D eigenvalue weighted by Gasteiger charge is 2.16. The third-order valence-corrected chi connectivity index (χ3v) is 3.05. The Morgan fingerprint density at radius 3 is 2.84 bits per heavy atom. The summed E-state index contributed by atoms with van der Waals surface area (Å²) in [4.78, 5) is 15.9. The van der Waals surface area contributed by atoms with E-state index >= 15 is 0 Å². The standard InChI is InChI=1S/C13H12BrFN2O2/c1-7-12(19-8(2)17-7)13(18)16-6-9-5-10(14)3-4-11(9)15/h3-5H,6H2,1-2H3,(H,16,18). The Balaban J connectivity index is 2.08. The van der Waals surface area contributed by atoms with Crippen molar-refractivity contribution in [3.8, 4) is 0 Å². The second kappa shape index (κ2) is 5.52. The number of aryl methyl sites for hydroxylation is 2. The van der Waals surface area contributed by atoms with Crippen LogP contribution >= 0.6 is 15.9 Å². The van der Waals surface area contributed by atoms with Crippen molar-refractivity contribution in [2.45, 2.75) is 20.4 Å². The van der Waals surface area contributed by atoms with Crippen LogP contribution in [0.15, 0.2) is 27.1 Å². The van der Waals surface area contributed by atoms with Crippen molar-refractivity contribution >= 4 is 21.8 Å². The van der Waals surface area contributed by atoms with E-state index in [1.165, 1.54) is 6.07 Å². The van der Waals surface area contributed by atoms with Gasteiger partial charge in [0.2, 0.25) is 5.76 Å². The zero-order valence-corrected chi connectivity index (χ0v) is 12.0. The van der Waals surface area contributed by atoms with Crippen molar-refractivity contribution in [2.75, 3.05) is 0 Å². The second-order valence-electron chi connectivity index (χ2n) is 4.07. The number of oxazole rings is 1. The topological polar surface area (TPSA) is 55.1 Å². The SMILES string of the molecule is Cc1nc(C)c(C(=O)NCc2cc(Br)ccc2F)o1. The van der Waals surface area contributed by atoms with E-state index in [1.807, 2.05) is 0 Å². The van der Waals surface area contributed by atoms with Crippen LogP contribution in [0.4, 0.5) is 4.39 Å². The highest BCUT2D eigenvalue weighted by Crippen LogP contribution is 2.16. The lowest BCUT2D eigenvalue weighted by Gasteiger charge is -2.05. The highest BCUT2D eigenvalue weighted by molar-refractivity contribution is 9.10. The van der Waals surface area contributed by atoms with Crippen LogP contribution in [0.5, 0.6) is 0 Å². The number of amides is 1. The van der Waals surface area contributed by atoms with Gasteiger partial charge in [0.25, 0.3) is 5.91 Å². The third-order valence-electron chi connectivity index (χ3n) is 2.56. The molecule has 1 aromatic carbocycles. The number of carbonyl (C=O) groups excluding carboxylic acids is 1. The number of halogens is 2. The molecule has 1 N–H and O–H groups in total. The van der Waals surface area contributed by atoms with Gasteiger partial charge >= 0.3 is 0 Å². The lowest BCUT2D eigenvalue weighted by Crippen LogP contribution is -2.23. The van der Waals surface area contributed by atoms with Gasteiger partial charge in [-0.2, -0.15) is 0 Å². The maximum absolute atomic E-state index is 13.5. The molecule has 100 valence electrons. The van der Waals surface area contributed by atoms with E-state index in [4.69, 9.17) is 4.42 Å². The molecule has 2 aromatic rings.